The van der Waals surface area contributed by atoms with Gasteiger partial charge in [-0.25, -0.2) is 8.42 Å². The van der Waals surface area contributed by atoms with Crippen molar-refractivity contribution < 1.29 is 13.2 Å². The van der Waals surface area contributed by atoms with Crippen LogP contribution < -0.4 is 0 Å². The van der Waals surface area contributed by atoms with Crippen LogP contribution in [0.25, 0.3) is 0 Å². The van der Waals surface area contributed by atoms with Gasteiger partial charge < -0.3 is 4.74 Å². The lowest BCUT2D eigenvalue weighted by Crippen LogP contribution is -2.54. The van der Waals surface area contributed by atoms with E-state index >= 15 is 0 Å². The Labute approximate surface area is 168 Å². The van der Waals surface area contributed by atoms with Crippen molar-refractivity contribution in [2.24, 2.45) is 23.7 Å². The summed E-state index contributed by atoms with van der Waals surface area (Å²) in [5.41, 5.74) is 0. The van der Waals surface area contributed by atoms with Gasteiger partial charge in [-0.05, 0) is 63.2 Å². The first-order chi connectivity index (χ1) is 12.5. The Morgan fingerprint density at radius 3 is 2.30 bits per heavy atom. The summed E-state index contributed by atoms with van der Waals surface area (Å²) in [5, 5.41) is -0.142. The van der Waals surface area contributed by atoms with Crippen molar-refractivity contribution in [3.8, 4) is 0 Å². The Kier molecular flexibility index (Phi) is 8.21. The molecule has 0 spiro atoms. The summed E-state index contributed by atoms with van der Waals surface area (Å²) in [5.74, 6) is 2.29. The summed E-state index contributed by atoms with van der Waals surface area (Å²) >= 11 is 0. The first kappa shape index (κ1) is 23.2. The Hall–Kier alpha value is -0.130. The molecule has 6 atom stereocenters. The Morgan fingerprint density at radius 1 is 1.04 bits per heavy atom. The lowest BCUT2D eigenvalue weighted by atomic mass is 9.84. The number of morpholine rings is 1. The molecule has 0 bridgehead atoms. The highest BCUT2D eigenvalue weighted by Crippen LogP contribution is 2.35. The second kappa shape index (κ2) is 9.58. The molecule has 0 radical (unpaired) electrons. The summed E-state index contributed by atoms with van der Waals surface area (Å²) in [4.78, 5) is 2.58. The highest BCUT2D eigenvalue weighted by Gasteiger charge is 2.39. The highest BCUT2D eigenvalue weighted by atomic mass is 32.2. The summed E-state index contributed by atoms with van der Waals surface area (Å²) in [7, 11) is -2.93. The normalized spacial score (nSPS) is 34.7. The van der Waals surface area contributed by atoms with Gasteiger partial charge in [-0.3, -0.25) is 4.90 Å². The van der Waals surface area contributed by atoms with E-state index in [4.69, 9.17) is 4.74 Å². The van der Waals surface area contributed by atoms with Gasteiger partial charge >= 0.3 is 0 Å². The smallest absolute Gasteiger partial charge is 0.153 e. The van der Waals surface area contributed by atoms with E-state index in [0.717, 1.165) is 38.8 Å². The van der Waals surface area contributed by atoms with E-state index in [1.165, 1.54) is 0 Å². The van der Waals surface area contributed by atoms with Crippen LogP contribution in [0, 0.1) is 23.7 Å². The standard InChI is InChI=1S/C22H43NO3S/c1-15(2)20-10-13-27(24,25)21(14-20)17(5)8-9-18(6)23-11-12-26-22(16(3)4)19(23)7/h15-22H,8-14H2,1-7H3. The van der Waals surface area contributed by atoms with Gasteiger partial charge in [-0.2, -0.15) is 0 Å². The van der Waals surface area contributed by atoms with Gasteiger partial charge in [0.25, 0.3) is 0 Å². The third-order valence-corrected chi connectivity index (χ3v) is 9.65. The molecule has 0 aromatic carbocycles. The van der Waals surface area contributed by atoms with Crippen LogP contribution in [0.1, 0.15) is 74.1 Å². The maximum Gasteiger partial charge on any atom is 0.153 e. The molecule has 2 aliphatic rings. The van der Waals surface area contributed by atoms with Crippen LogP contribution >= 0.6 is 0 Å². The van der Waals surface area contributed by atoms with E-state index in [1.807, 2.05) is 0 Å². The molecule has 160 valence electrons. The van der Waals surface area contributed by atoms with Gasteiger partial charge in [0.2, 0.25) is 0 Å². The molecule has 2 fully saturated rings. The molecule has 2 aliphatic heterocycles. The second-order valence-electron chi connectivity index (χ2n) is 9.90. The van der Waals surface area contributed by atoms with E-state index in [1.54, 1.807) is 0 Å². The zero-order chi connectivity index (χ0) is 20.4. The maximum atomic E-state index is 12.7. The zero-order valence-electron chi connectivity index (χ0n) is 18.6. The van der Waals surface area contributed by atoms with Crippen LogP contribution in [0.15, 0.2) is 0 Å². The number of hydrogen-bond acceptors (Lipinski definition) is 4. The molecule has 4 nitrogen and oxygen atoms in total. The fourth-order valence-electron chi connectivity index (χ4n) is 5.27. The molecule has 2 rings (SSSR count). The third kappa shape index (κ3) is 5.70. The van der Waals surface area contributed by atoms with Gasteiger partial charge in [0.15, 0.2) is 9.84 Å². The molecule has 27 heavy (non-hydrogen) atoms. The SMILES string of the molecule is CC(C)C1CCS(=O)(=O)C(C(C)CCC(C)N2CCOC(C(C)C)C2C)C1. The van der Waals surface area contributed by atoms with Gasteiger partial charge in [-0.1, -0.05) is 34.6 Å². The van der Waals surface area contributed by atoms with Gasteiger partial charge in [0.05, 0.1) is 23.7 Å². The maximum absolute atomic E-state index is 12.7. The van der Waals surface area contributed by atoms with Crippen LogP contribution in [0.4, 0.5) is 0 Å². The fraction of sp³-hybridized carbons (Fsp3) is 1.00. The first-order valence-electron chi connectivity index (χ1n) is 11.1. The highest BCUT2D eigenvalue weighted by molar-refractivity contribution is 7.92. The Morgan fingerprint density at radius 2 is 1.70 bits per heavy atom. The Balaban J connectivity index is 1.94. The molecule has 0 amide bonds. The van der Waals surface area contributed by atoms with Crippen molar-refractivity contribution in [1.29, 1.82) is 0 Å². The number of hydrogen-bond donors (Lipinski definition) is 0. The quantitative estimate of drug-likeness (QED) is 0.635. The molecule has 0 aromatic heterocycles. The minimum Gasteiger partial charge on any atom is -0.375 e. The van der Waals surface area contributed by atoms with Crippen molar-refractivity contribution in [2.45, 2.75) is 97.6 Å². The van der Waals surface area contributed by atoms with Crippen LogP contribution in [-0.2, 0) is 14.6 Å². The van der Waals surface area contributed by atoms with E-state index < -0.39 is 9.84 Å². The number of nitrogens with zero attached hydrogens (tertiary/aromatic N) is 1. The van der Waals surface area contributed by atoms with Crippen LogP contribution in [-0.4, -0.2) is 55.7 Å². The van der Waals surface area contributed by atoms with E-state index in [2.05, 4.69) is 53.4 Å². The molecule has 0 saturated carbocycles. The van der Waals surface area contributed by atoms with Crippen molar-refractivity contribution in [3.63, 3.8) is 0 Å². The van der Waals surface area contributed by atoms with Gasteiger partial charge in [-0.15, -0.1) is 0 Å². The van der Waals surface area contributed by atoms with E-state index in [0.29, 0.717) is 41.7 Å². The van der Waals surface area contributed by atoms with Crippen molar-refractivity contribution in [3.05, 3.63) is 0 Å². The predicted molar refractivity (Wildman–Crippen MR) is 114 cm³/mol. The van der Waals surface area contributed by atoms with Crippen molar-refractivity contribution in [2.75, 3.05) is 18.9 Å². The molecule has 2 heterocycles. The molecule has 6 unspecified atom stereocenters. The van der Waals surface area contributed by atoms with E-state index in [9.17, 15) is 8.42 Å². The number of sulfone groups is 1. The molecule has 5 heteroatoms. The molecular formula is C22H43NO3S. The second-order valence-corrected chi connectivity index (χ2v) is 12.2. The molecular weight excluding hydrogens is 358 g/mol. The van der Waals surface area contributed by atoms with Gasteiger partial charge in [0.1, 0.15) is 0 Å². The lowest BCUT2D eigenvalue weighted by molar-refractivity contribution is -0.0978. The topological polar surface area (TPSA) is 46.6 Å². The van der Waals surface area contributed by atoms with Crippen molar-refractivity contribution in [1.82, 2.24) is 4.90 Å². The van der Waals surface area contributed by atoms with Crippen molar-refractivity contribution >= 4 is 9.84 Å². The summed E-state index contributed by atoms with van der Waals surface area (Å²) in [6, 6.07) is 0.896. The monoisotopic (exact) mass is 401 g/mol. The van der Waals surface area contributed by atoms with Crippen LogP contribution in [0.3, 0.4) is 0 Å². The third-order valence-electron chi connectivity index (χ3n) is 7.27. The average Bonchev–Trinajstić information content (AvgIpc) is 2.58. The van der Waals surface area contributed by atoms with Gasteiger partial charge in [0, 0.05) is 18.6 Å². The van der Waals surface area contributed by atoms with E-state index in [-0.39, 0.29) is 11.2 Å². The fourth-order valence-corrected chi connectivity index (χ4v) is 7.59. The zero-order valence-corrected chi connectivity index (χ0v) is 19.5. The lowest BCUT2D eigenvalue weighted by Gasteiger charge is -2.44. The number of ether oxygens (including phenoxy) is 1. The average molecular weight is 402 g/mol. The summed E-state index contributed by atoms with van der Waals surface area (Å²) in [6.45, 7) is 17.5. The minimum atomic E-state index is -2.93. The largest absolute Gasteiger partial charge is 0.375 e. The number of rotatable bonds is 7. The molecule has 0 aromatic rings. The minimum absolute atomic E-state index is 0.142. The summed E-state index contributed by atoms with van der Waals surface area (Å²) < 4.78 is 31.4. The molecule has 0 N–H and O–H groups in total. The molecule has 0 aliphatic carbocycles. The predicted octanol–water partition coefficient (Wildman–Crippen LogP) is 4.39. The first-order valence-corrected chi connectivity index (χ1v) is 12.8. The van der Waals surface area contributed by atoms with Crippen LogP contribution in [0.5, 0.6) is 0 Å². The summed E-state index contributed by atoms with van der Waals surface area (Å²) in [6.07, 6.45) is 4.06. The van der Waals surface area contributed by atoms with Crippen LogP contribution in [0.2, 0.25) is 0 Å². The Bertz CT molecular complexity index is 560. The molecule has 2 saturated heterocycles.